The van der Waals surface area contributed by atoms with E-state index < -0.39 is 15.9 Å². The quantitative estimate of drug-likeness (QED) is 0.701. The van der Waals surface area contributed by atoms with Crippen molar-refractivity contribution in [3.05, 3.63) is 29.8 Å². The number of sulfonamides is 1. The molecule has 1 N–H and O–H groups in total. The second-order valence-electron chi connectivity index (χ2n) is 4.63. The van der Waals surface area contributed by atoms with Crippen molar-refractivity contribution < 1.29 is 17.9 Å². The third-order valence-electron chi connectivity index (χ3n) is 2.80. The van der Waals surface area contributed by atoms with Crippen LogP contribution in [-0.4, -0.2) is 47.4 Å². The molecule has 0 radical (unpaired) electrons. The molecule has 0 heterocycles. The molecule has 1 aromatic carbocycles. The molecule has 0 spiro atoms. The number of anilines is 1. The van der Waals surface area contributed by atoms with E-state index in [1.165, 1.54) is 6.07 Å². The molecular formula is C14H19N3O4S. The van der Waals surface area contributed by atoms with Crippen LogP contribution in [0.5, 0.6) is 0 Å². The molecule has 1 rings (SSSR count). The van der Waals surface area contributed by atoms with Crippen LogP contribution in [0, 0.1) is 11.3 Å². The lowest BCUT2D eigenvalue weighted by Crippen LogP contribution is -2.40. The summed E-state index contributed by atoms with van der Waals surface area (Å²) >= 11 is 0. The van der Waals surface area contributed by atoms with Crippen molar-refractivity contribution in [2.24, 2.45) is 0 Å². The summed E-state index contributed by atoms with van der Waals surface area (Å²) in [6.07, 6.45) is 1.66. The van der Waals surface area contributed by atoms with Gasteiger partial charge in [0.2, 0.25) is 15.9 Å². The van der Waals surface area contributed by atoms with Crippen molar-refractivity contribution in [2.45, 2.75) is 6.42 Å². The molecule has 22 heavy (non-hydrogen) atoms. The lowest BCUT2D eigenvalue weighted by atomic mass is 10.2. The van der Waals surface area contributed by atoms with Crippen LogP contribution in [0.3, 0.4) is 0 Å². The number of nitrogens with one attached hydrogen (secondary N) is 1. The summed E-state index contributed by atoms with van der Waals surface area (Å²) in [4.78, 5) is 11.9. The van der Waals surface area contributed by atoms with Gasteiger partial charge in [-0.25, -0.2) is 8.42 Å². The van der Waals surface area contributed by atoms with Crippen molar-refractivity contribution in [1.82, 2.24) is 5.32 Å². The van der Waals surface area contributed by atoms with Crippen LogP contribution in [0.2, 0.25) is 0 Å². The molecule has 120 valence electrons. The standard InChI is InChI=1S/C14H19N3O4S/c1-21-8-4-7-16-14(18)11-17(22(2,19)20)13-6-3-5-12(9-13)10-15/h3,5-6,9H,4,7-8,11H2,1-2H3,(H,16,18). The smallest absolute Gasteiger partial charge is 0.240 e. The van der Waals surface area contributed by atoms with Gasteiger partial charge in [0.05, 0.1) is 23.6 Å². The molecule has 0 atom stereocenters. The lowest BCUT2D eigenvalue weighted by Gasteiger charge is -2.22. The van der Waals surface area contributed by atoms with E-state index in [1.54, 1.807) is 25.3 Å². The summed E-state index contributed by atoms with van der Waals surface area (Å²) in [5, 5.41) is 11.5. The molecule has 0 saturated carbocycles. The predicted molar refractivity (Wildman–Crippen MR) is 82.8 cm³/mol. The number of nitriles is 1. The largest absolute Gasteiger partial charge is 0.385 e. The van der Waals surface area contributed by atoms with E-state index in [-0.39, 0.29) is 12.2 Å². The van der Waals surface area contributed by atoms with Crippen molar-refractivity contribution in [1.29, 1.82) is 5.26 Å². The number of carbonyl (C=O) groups is 1. The first-order valence-electron chi connectivity index (χ1n) is 6.62. The predicted octanol–water partition coefficient (Wildman–Crippen LogP) is 0.477. The molecule has 0 aliphatic carbocycles. The molecule has 1 aromatic rings. The van der Waals surface area contributed by atoms with E-state index in [4.69, 9.17) is 10.00 Å². The van der Waals surface area contributed by atoms with Crippen LogP contribution in [0.4, 0.5) is 5.69 Å². The Bertz CT molecular complexity index is 652. The van der Waals surface area contributed by atoms with Crippen LogP contribution in [-0.2, 0) is 19.6 Å². The molecule has 0 unspecified atom stereocenters. The van der Waals surface area contributed by atoms with Crippen LogP contribution in [0.25, 0.3) is 0 Å². The summed E-state index contributed by atoms with van der Waals surface area (Å²) in [7, 11) is -2.07. The third-order valence-corrected chi connectivity index (χ3v) is 3.94. The van der Waals surface area contributed by atoms with E-state index >= 15 is 0 Å². The van der Waals surface area contributed by atoms with Crippen LogP contribution >= 0.6 is 0 Å². The average molecular weight is 325 g/mol. The fourth-order valence-corrected chi connectivity index (χ4v) is 2.61. The van der Waals surface area contributed by atoms with Crippen molar-refractivity contribution >= 4 is 21.6 Å². The SMILES string of the molecule is COCCCNC(=O)CN(c1cccc(C#N)c1)S(C)(=O)=O. The molecular weight excluding hydrogens is 306 g/mol. The maximum atomic E-state index is 11.9. The number of benzene rings is 1. The Morgan fingerprint density at radius 3 is 2.77 bits per heavy atom. The summed E-state index contributed by atoms with van der Waals surface area (Å²) in [5.41, 5.74) is 0.611. The van der Waals surface area contributed by atoms with Gasteiger partial charge in [-0.05, 0) is 24.6 Å². The molecule has 0 aliphatic rings. The zero-order valence-electron chi connectivity index (χ0n) is 12.6. The Morgan fingerprint density at radius 2 is 2.18 bits per heavy atom. The number of rotatable bonds is 8. The Labute approximate surface area is 130 Å². The summed E-state index contributed by atoms with van der Waals surface area (Å²) in [5.74, 6) is -0.413. The number of methoxy groups -OCH3 is 1. The number of hydrogen-bond donors (Lipinski definition) is 1. The Kier molecular flexibility index (Phi) is 6.82. The number of hydrogen-bond acceptors (Lipinski definition) is 5. The van der Waals surface area contributed by atoms with Gasteiger partial charge in [0.1, 0.15) is 6.54 Å². The van der Waals surface area contributed by atoms with Gasteiger partial charge in [0.15, 0.2) is 0 Å². The maximum Gasteiger partial charge on any atom is 0.240 e. The fourth-order valence-electron chi connectivity index (χ4n) is 1.76. The zero-order valence-corrected chi connectivity index (χ0v) is 13.4. The van der Waals surface area contributed by atoms with Crippen molar-refractivity contribution in [3.63, 3.8) is 0 Å². The second-order valence-corrected chi connectivity index (χ2v) is 6.53. The second kappa shape index (κ2) is 8.36. The Balaban J connectivity index is 2.82. The minimum absolute atomic E-state index is 0.286. The van der Waals surface area contributed by atoms with Gasteiger partial charge in [0.25, 0.3) is 0 Å². The number of ether oxygens (including phenoxy) is 1. The fraction of sp³-hybridized carbons (Fsp3) is 0.429. The van der Waals surface area contributed by atoms with E-state index in [1.807, 2.05) is 6.07 Å². The van der Waals surface area contributed by atoms with Gasteiger partial charge >= 0.3 is 0 Å². The highest BCUT2D eigenvalue weighted by Crippen LogP contribution is 2.18. The van der Waals surface area contributed by atoms with Gasteiger partial charge in [-0.15, -0.1) is 0 Å². The van der Waals surface area contributed by atoms with E-state index in [2.05, 4.69) is 5.32 Å². The molecule has 0 aliphatic heterocycles. The molecule has 0 saturated heterocycles. The first-order valence-corrected chi connectivity index (χ1v) is 8.47. The normalized spacial score (nSPS) is 10.8. The summed E-state index contributed by atoms with van der Waals surface area (Å²) < 4.78 is 29.6. The van der Waals surface area contributed by atoms with Crippen LogP contribution in [0.1, 0.15) is 12.0 Å². The molecule has 8 heteroatoms. The minimum Gasteiger partial charge on any atom is -0.385 e. The average Bonchev–Trinajstić information content (AvgIpc) is 2.48. The first-order chi connectivity index (χ1) is 10.4. The number of amides is 1. The highest BCUT2D eigenvalue weighted by Gasteiger charge is 2.20. The first kappa shape index (κ1) is 17.9. The Hall–Kier alpha value is -2.11. The van der Waals surface area contributed by atoms with Crippen LogP contribution in [0.15, 0.2) is 24.3 Å². The molecule has 0 fully saturated rings. The third kappa shape index (κ3) is 5.71. The Morgan fingerprint density at radius 1 is 1.45 bits per heavy atom. The van der Waals surface area contributed by atoms with Gasteiger partial charge in [-0.2, -0.15) is 5.26 Å². The van der Waals surface area contributed by atoms with Crippen molar-refractivity contribution in [2.75, 3.05) is 37.4 Å². The van der Waals surface area contributed by atoms with E-state index in [0.29, 0.717) is 25.1 Å². The van der Waals surface area contributed by atoms with Gasteiger partial charge < -0.3 is 10.1 Å². The maximum absolute atomic E-state index is 11.9. The highest BCUT2D eigenvalue weighted by atomic mass is 32.2. The molecule has 1 amide bonds. The monoisotopic (exact) mass is 325 g/mol. The lowest BCUT2D eigenvalue weighted by molar-refractivity contribution is -0.119. The summed E-state index contributed by atoms with van der Waals surface area (Å²) in [6, 6.07) is 8.05. The highest BCUT2D eigenvalue weighted by molar-refractivity contribution is 7.92. The molecule has 0 bridgehead atoms. The van der Waals surface area contributed by atoms with Crippen LogP contribution < -0.4 is 9.62 Å². The van der Waals surface area contributed by atoms with Gasteiger partial charge in [-0.1, -0.05) is 6.07 Å². The van der Waals surface area contributed by atoms with Crippen molar-refractivity contribution in [3.8, 4) is 6.07 Å². The van der Waals surface area contributed by atoms with Gasteiger partial charge in [-0.3, -0.25) is 9.10 Å². The topological polar surface area (TPSA) is 99.5 Å². The minimum atomic E-state index is -3.63. The zero-order chi connectivity index (χ0) is 16.6. The molecule has 0 aromatic heterocycles. The number of carbonyl (C=O) groups excluding carboxylic acids is 1. The van der Waals surface area contributed by atoms with E-state index in [0.717, 1.165) is 10.6 Å². The summed E-state index contributed by atoms with van der Waals surface area (Å²) in [6.45, 7) is 0.587. The number of nitrogens with zero attached hydrogens (tertiary/aromatic N) is 2. The van der Waals surface area contributed by atoms with E-state index in [9.17, 15) is 13.2 Å². The van der Waals surface area contributed by atoms with Gasteiger partial charge in [0, 0.05) is 20.3 Å². The molecule has 7 nitrogen and oxygen atoms in total.